The summed E-state index contributed by atoms with van der Waals surface area (Å²) in [5.74, 6) is 5.99. The van der Waals surface area contributed by atoms with Gasteiger partial charge in [0.1, 0.15) is 0 Å². The highest BCUT2D eigenvalue weighted by atomic mass is 16.3. The second-order valence-electron chi connectivity index (χ2n) is 3.17. The quantitative estimate of drug-likeness (QED) is 0.378. The van der Waals surface area contributed by atoms with E-state index in [1.807, 2.05) is 0 Å². The zero-order chi connectivity index (χ0) is 9.94. The van der Waals surface area contributed by atoms with Gasteiger partial charge in [0.25, 0.3) is 0 Å². The van der Waals surface area contributed by atoms with Gasteiger partial charge in [0.2, 0.25) is 0 Å². The van der Waals surface area contributed by atoms with Gasteiger partial charge >= 0.3 is 0 Å². The third-order valence-electron chi connectivity index (χ3n) is 1.86. The smallest absolute Gasteiger partial charge is 0.0827 e. The first-order chi connectivity index (χ1) is 6.31. The molecule has 1 N–H and O–H groups in total. The molecule has 1 nitrogen and oxygen atoms in total. The van der Waals surface area contributed by atoms with Crippen molar-refractivity contribution in [1.29, 1.82) is 0 Å². The Morgan fingerprint density at radius 3 is 2.69 bits per heavy atom. The molecule has 0 aromatic carbocycles. The number of hydrogen-bond donors (Lipinski definition) is 1. The van der Waals surface area contributed by atoms with Gasteiger partial charge in [0.05, 0.1) is 6.10 Å². The Balaban J connectivity index is 3.24. The molecule has 0 spiro atoms. The van der Waals surface area contributed by atoms with E-state index in [9.17, 15) is 0 Å². The van der Waals surface area contributed by atoms with E-state index in [2.05, 4.69) is 25.3 Å². The Morgan fingerprint density at radius 1 is 1.31 bits per heavy atom. The van der Waals surface area contributed by atoms with Crippen molar-refractivity contribution in [2.24, 2.45) is 0 Å². The largest absolute Gasteiger partial charge is 0.388 e. The predicted molar refractivity (Wildman–Crippen MR) is 57.4 cm³/mol. The molecular weight excluding hydrogens is 160 g/mol. The maximum atomic E-state index is 9.08. The molecule has 0 saturated carbocycles. The lowest BCUT2D eigenvalue weighted by Gasteiger charge is -1.95. The summed E-state index contributed by atoms with van der Waals surface area (Å²) in [5.41, 5.74) is 0. The van der Waals surface area contributed by atoms with Crippen molar-refractivity contribution in [2.45, 2.75) is 51.6 Å². The summed E-state index contributed by atoms with van der Waals surface area (Å²) in [6, 6.07) is 0. The second-order valence-corrected chi connectivity index (χ2v) is 3.17. The monoisotopic (exact) mass is 180 g/mol. The van der Waals surface area contributed by atoms with E-state index in [1.165, 1.54) is 31.8 Å². The van der Waals surface area contributed by atoms with Gasteiger partial charge in [0.15, 0.2) is 0 Å². The first kappa shape index (κ1) is 12.3. The van der Waals surface area contributed by atoms with Crippen LogP contribution >= 0.6 is 0 Å². The van der Waals surface area contributed by atoms with Gasteiger partial charge in [-0.2, -0.15) is 0 Å². The minimum atomic E-state index is -0.455. The summed E-state index contributed by atoms with van der Waals surface area (Å²) in [5, 5.41) is 9.08. The molecule has 0 rings (SSSR count). The van der Waals surface area contributed by atoms with Crippen LogP contribution in [0.25, 0.3) is 0 Å². The van der Waals surface area contributed by atoms with Crippen molar-refractivity contribution in [1.82, 2.24) is 0 Å². The zero-order valence-corrected chi connectivity index (χ0v) is 8.55. The molecule has 0 aliphatic rings. The van der Waals surface area contributed by atoms with Crippen molar-refractivity contribution >= 4 is 0 Å². The van der Waals surface area contributed by atoms with Crippen LogP contribution in [0.4, 0.5) is 0 Å². The Labute approximate surface area is 81.9 Å². The summed E-state index contributed by atoms with van der Waals surface area (Å²) < 4.78 is 0. The molecule has 0 aliphatic heterocycles. The zero-order valence-electron chi connectivity index (χ0n) is 8.55. The van der Waals surface area contributed by atoms with Gasteiger partial charge in [-0.15, -0.1) is 18.4 Å². The number of aliphatic hydroxyl groups is 1. The van der Waals surface area contributed by atoms with Crippen LogP contribution in [0, 0.1) is 11.8 Å². The van der Waals surface area contributed by atoms with Crippen LogP contribution in [-0.4, -0.2) is 11.2 Å². The summed E-state index contributed by atoms with van der Waals surface area (Å²) in [6.07, 6.45) is 7.58. The number of unbranched alkanes of at least 4 members (excludes halogenated alkanes) is 4. The molecule has 0 bridgehead atoms. The minimum Gasteiger partial charge on any atom is -0.388 e. The summed E-state index contributed by atoms with van der Waals surface area (Å²) in [7, 11) is 0. The lowest BCUT2D eigenvalue weighted by Crippen LogP contribution is -1.97. The number of aliphatic hydroxyl groups excluding tert-OH is 1. The van der Waals surface area contributed by atoms with Gasteiger partial charge < -0.3 is 5.11 Å². The van der Waals surface area contributed by atoms with Gasteiger partial charge in [0, 0.05) is 12.8 Å². The fraction of sp³-hybridized carbons (Fsp3) is 0.667. The van der Waals surface area contributed by atoms with Crippen molar-refractivity contribution < 1.29 is 5.11 Å². The van der Waals surface area contributed by atoms with Crippen LogP contribution in [0.5, 0.6) is 0 Å². The van der Waals surface area contributed by atoms with Gasteiger partial charge in [-0.05, 0) is 6.42 Å². The third-order valence-corrected chi connectivity index (χ3v) is 1.86. The average molecular weight is 180 g/mol. The molecule has 0 heterocycles. The molecule has 1 heteroatoms. The first-order valence-corrected chi connectivity index (χ1v) is 5.07. The van der Waals surface area contributed by atoms with E-state index in [-0.39, 0.29) is 0 Å². The van der Waals surface area contributed by atoms with Crippen LogP contribution in [0.2, 0.25) is 0 Å². The topological polar surface area (TPSA) is 20.2 Å². The van der Waals surface area contributed by atoms with Crippen molar-refractivity contribution in [3.05, 3.63) is 12.7 Å². The standard InChI is InChI=1S/C12H20O/c1-3-5-6-7-8-9-10-11-12(13)4-2/h4,12-13H,2-3,5-8,11H2,1H3/t12-/m1/s1. The first-order valence-electron chi connectivity index (χ1n) is 5.07. The van der Waals surface area contributed by atoms with Crippen LogP contribution in [0.3, 0.4) is 0 Å². The van der Waals surface area contributed by atoms with E-state index in [1.54, 1.807) is 0 Å². The predicted octanol–water partition coefficient (Wildman–Crippen LogP) is 2.90. The molecule has 0 saturated heterocycles. The minimum absolute atomic E-state index is 0.455. The van der Waals surface area contributed by atoms with E-state index >= 15 is 0 Å². The highest BCUT2D eigenvalue weighted by molar-refractivity contribution is 5.02. The maximum Gasteiger partial charge on any atom is 0.0827 e. The molecule has 0 fully saturated rings. The molecule has 0 amide bonds. The van der Waals surface area contributed by atoms with Gasteiger partial charge in [-0.1, -0.05) is 32.3 Å². The lowest BCUT2D eigenvalue weighted by atomic mass is 10.1. The number of hydrogen-bond acceptors (Lipinski definition) is 1. The molecule has 1 atom stereocenters. The number of rotatable bonds is 6. The Kier molecular flexibility index (Phi) is 8.82. The van der Waals surface area contributed by atoms with Crippen molar-refractivity contribution in [2.75, 3.05) is 0 Å². The van der Waals surface area contributed by atoms with Gasteiger partial charge in [-0.25, -0.2) is 0 Å². The van der Waals surface area contributed by atoms with Crippen molar-refractivity contribution in [3.8, 4) is 11.8 Å². The Morgan fingerprint density at radius 2 is 2.08 bits per heavy atom. The molecule has 74 valence electrons. The lowest BCUT2D eigenvalue weighted by molar-refractivity contribution is 0.230. The third kappa shape index (κ3) is 9.17. The van der Waals surface area contributed by atoms with E-state index in [4.69, 9.17) is 5.11 Å². The summed E-state index contributed by atoms with van der Waals surface area (Å²) in [6.45, 7) is 5.68. The van der Waals surface area contributed by atoms with Crippen molar-refractivity contribution in [3.63, 3.8) is 0 Å². The highest BCUT2D eigenvalue weighted by Gasteiger charge is 1.91. The van der Waals surface area contributed by atoms with Gasteiger partial charge in [-0.3, -0.25) is 0 Å². The normalized spacial score (nSPS) is 11.5. The maximum absolute atomic E-state index is 9.08. The fourth-order valence-corrected chi connectivity index (χ4v) is 0.989. The fourth-order valence-electron chi connectivity index (χ4n) is 0.989. The van der Waals surface area contributed by atoms with Crippen LogP contribution in [0.1, 0.15) is 45.4 Å². The van der Waals surface area contributed by atoms with E-state index < -0.39 is 6.10 Å². The Hall–Kier alpha value is -0.740. The van der Waals surface area contributed by atoms with Crippen LogP contribution < -0.4 is 0 Å². The summed E-state index contributed by atoms with van der Waals surface area (Å²) in [4.78, 5) is 0. The molecular formula is C12H20O. The molecule has 0 aromatic heterocycles. The second kappa shape index (κ2) is 9.35. The molecule has 0 unspecified atom stereocenters. The molecule has 0 aromatic rings. The molecule has 13 heavy (non-hydrogen) atoms. The Bertz CT molecular complexity index is 173. The van der Waals surface area contributed by atoms with Crippen LogP contribution in [-0.2, 0) is 0 Å². The van der Waals surface area contributed by atoms with E-state index in [0.717, 1.165) is 6.42 Å². The summed E-state index contributed by atoms with van der Waals surface area (Å²) >= 11 is 0. The van der Waals surface area contributed by atoms with Crippen LogP contribution in [0.15, 0.2) is 12.7 Å². The average Bonchev–Trinajstić information content (AvgIpc) is 2.16. The van der Waals surface area contributed by atoms with E-state index in [0.29, 0.717) is 6.42 Å². The SMILES string of the molecule is C=C[C@@H](O)CC#CCCCCCC. The molecule has 0 aliphatic carbocycles. The highest BCUT2D eigenvalue weighted by Crippen LogP contribution is 2.01. The molecule has 0 radical (unpaired) electrons.